The molecule has 5 nitrogen and oxygen atoms in total. The second-order valence-electron chi connectivity index (χ2n) is 6.14. The van der Waals surface area contributed by atoms with Crippen LogP contribution in [0, 0.1) is 0 Å². The van der Waals surface area contributed by atoms with E-state index in [1.54, 1.807) is 78.9 Å². The van der Waals surface area contributed by atoms with Gasteiger partial charge in [0.05, 0.1) is 6.42 Å². The van der Waals surface area contributed by atoms with Crippen LogP contribution in [0.5, 0.6) is 0 Å². The molecule has 0 fully saturated rings. The van der Waals surface area contributed by atoms with Crippen LogP contribution in [0.15, 0.2) is 91.0 Å². The topological polar surface area (TPSA) is 78.4 Å². The molecular formula is C22H20N2O3. The average molecular weight is 360 g/mol. The quantitative estimate of drug-likeness (QED) is 0.612. The van der Waals surface area contributed by atoms with Crippen LogP contribution in [0.1, 0.15) is 27.9 Å². The largest absolute Gasteiger partial charge is 0.380 e. The van der Waals surface area contributed by atoms with Crippen molar-refractivity contribution < 1.29 is 14.7 Å². The summed E-state index contributed by atoms with van der Waals surface area (Å²) in [4.78, 5) is 24.5. The highest BCUT2D eigenvalue weighted by Crippen LogP contribution is 2.32. The van der Waals surface area contributed by atoms with Crippen molar-refractivity contribution in [3.63, 3.8) is 0 Å². The lowest BCUT2D eigenvalue weighted by Gasteiger charge is -2.29. The number of nitrogens with one attached hydrogen (secondary N) is 2. The van der Waals surface area contributed by atoms with E-state index >= 15 is 0 Å². The first-order valence-electron chi connectivity index (χ1n) is 8.57. The monoisotopic (exact) mass is 360 g/mol. The maximum Gasteiger partial charge on any atom is 0.269 e. The van der Waals surface area contributed by atoms with Crippen LogP contribution in [0.25, 0.3) is 0 Å². The van der Waals surface area contributed by atoms with Gasteiger partial charge in [0.25, 0.3) is 5.91 Å². The van der Waals surface area contributed by atoms with Gasteiger partial charge in [-0.25, -0.2) is 0 Å². The fraction of sp³-hybridized carbons (Fsp3) is 0.0909. The second-order valence-corrected chi connectivity index (χ2v) is 6.14. The fourth-order valence-electron chi connectivity index (χ4n) is 2.86. The van der Waals surface area contributed by atoms with Gasteiger partial charge in [0, 0.05) is 5.56 Å². The molecule has 0 aliphatic heterocycles. The third kappa shape index (κ3) is 4.40. The van der Waals surface area contributed by atoms with Crippen molar-refractivity contribution in [2.24, 2.45) is 0 Å². The van der Waals surface area contributed by atoms with Crippen LogP contribution < -0.4 is 10.9 Å². The Morgan fingerprint density at radius 3 is 1.63 bits per heavy atom. The van der Waals surface area contributed by atoms with E-state index in [0.29, 0.717) is 16.7 Å². The lowest BCUT2D eigenvalue weighted by molar-refractivity contribution is -0.125. The summed E-state index contributed by atoms with van der Waals surface area (Å²) in [7, 11) is 0. The molecule has 0 atom stereocenters. The molecule has 3 N–H and O–H groups in total. The summed E-state index contributed by atoms with van der Waals surface area (Å²) in [5.74, 6) is -0.929. The first-order chi connectivity index (χ1) is 13.1. The number of amides is 2. The highest BCUT2D eigenvalue weighted by atomic mass is 16.3. The minimum Gasteiger partial charge on any atom is -0.380 e. The van der Waals surface area contributed by atoms with E-state index in [9.17, 15) is 14.7 Å². The number of hydrogen-bond acceptors (Lipinski definition) is 3. The maximum atomic E-state index is 12.5. The molecule has 0 saturated carbocycles. The number of hydrogen-bond donors (Lipinski definition) is 3. The number of benzene rings is 3. The fourth-order valence-corrected chi connectivity index (χ4v) is 2.86. The molecule has 0 aliphatic carbocycles. The third-order valence-corrected chi connectivity index (χ3v) is 4.27. The van der Waals surface area contributed by atoms with Gasteiger partial charge in [0.2, 0.25) is 5.91 Å². The SMILES string of the molecule is O=C(CC(O)(c1ccccc1)c1ccccc1)NNC(=O)c1ccccc1. The Labute approximate surface area is 157 Å². The number of carbonyl (C=O) groups is 2. The van der Waals surface area contributed by atoms with Crippen LogP contribution in [0.2, 0.25) is 0 Å². The van der Waals surface area contributed by atoms with Gasteiger partial charge in [0.15, 0.2) is 0 Å². The first-order valence-corrected chi connectivity index (χ1v) is 8.57. The molecule has 2 amide bonds. The molecule has 0 heterocycles. The van der Waals surface area contributed by atoms with Crippen LogP contribution in [0.4, 0.5) is 0 Å². The van der Waals surface area contributed by atoms with E-state index in [-0.39, 0.29) is 6.42 Å². The van der Waals surface area contributed by atoms with Crippen molar-refractivity contribution in [3.8, 4) is 0 Å². The molecule has 136 valence electrons. The summed E-state index contributed by atoms with van der Waals surface area (Å²) < 4.78 is 0. The zero-order valence-corrected chi connectivity index (χ0v) is 14.6. The van der Waals surface area contributed by atoms with E-state index in [0.717, 1.165) is 0 Å². The zero-order valence-electron chi connectivity index (χ0n) is 14.6. The van der Waals surface area contributed by atoms with Crippen molar-refractivity contribution in [2.75, 3.05) is 0 Å². The van der Waals surface area contributed by atoms with E-state index in [4.69, 9.17) is 0 Å². The van der Waals surface area contributed by atoms with E-state index < -0.39 is 17.4 Å². The molecular weight excluding hydrogens is 340 g/mol. The van der Waals surface area contributed by atoms with Crippen LogP contribution >= 0.6 is 0 Å². The first kappa shape index (κ1) is 18.4. The summed E-state index contributed by atoms with van der Waals surface area (Å²) in [5.41, 5.74) is 4.87. The summed E-state index contributed by atoms with van der Waals surface area (Å²) in [6, 6.07) is 26.5. The van der Waals surface area contributed by atoms with Gasteiger partial charge >= 0.3 is 0 Å². The molecule has 0 aromatic heterocycles. The molecule has 0 aliphatic rings. The highest BCUT2D eigenvalue weighted by molar-refractivity contribution is 5.95. The Kier molecular flexibility index (Phi) is 5.64. The molecule has 3 rings (SSSR count). The molecule has 3 aromatic carbocycles. The van der Waals surface area contributed by atoms with Crippen molar-refractivity contribution >= 4 is 11.8 Å². The molecule has 0 saturated heterocycles. The molecule has 3 aromatic rings. The summed E-state index contributed by atoms with van der Waals surface area (Å²) in [6.07, 6.45) is -0.240. The predicted octanol–water partition coefficient (Wildman–Crippen LogP) is 2.77. The van der Waals surface area contributed by atoms with Crippen molar-refractivity contribution in [2.45, 2.75) is 12.0 Å². The van der Waals surface area contributed by atoms with Crippen molar-refractivity contribution in [1.82, 2.24) is 10.9 Å². The van der Waals surface area contributed by atoms with Crippen LogP contribution in [-0.2, 0) is 10.4 Å². The summed E-state index contributed by atoms with van der Waals surface area (Å²) >= 11 is 0. The highest BCUT2D eigenvalue weighted by Gasteiger charge is 2.34. The average Bonchev–Trinajstić information content (AvgIpc) is 2.74. The number of hydrazine groups is 1. The van der Waals surface area contributed by atoms with Gasteiger partial charge in [0.1, 0.15) is 5.60 Å². The molecule has 0 radical (unpaired) electrons. The Morgan fingerprint density at radius 2 is 1.15 bits per heavy atom. The van der Waals surface area contributed by atoms with E-state index in [2.05, 4.69) is 10.9 Å². The normalized spacial score (nSPS) is 10.9. The third-order valence-electron chi connectivity index (χ3n) is 4.27. The number of rotatable bonds is 5. The van der Waals surface area contributed by atoms with Gasteiger partial charge in [-0.15, -0.1) is 0 Å². The predicted molar refractivity (Wildman–Crippen MR) is 103 cm³/mol. The zero-order chi connectivity index (χ0) is 19.1. The molecule has 0 spiro atoms. The van der Waals surface area contributed by atoms with E-state index in [1.807, 2.05) is 12.1 Å². The number of aliphatic hydroxyl groups is 1. The number of carbonyl (C=O) groups excluding carboxylic acids is 2. The molecule has 0 bridgehead atoms. The minimum atomic E-state index is -1.51. The van der Waals surface area contributed by atoms with Crippen LogP contribution in [-0.4, -0.2) is 16.9 Å². The van der Waals surface area contributed by atoms with Gasteiger partial charge in [-0.3, -0.25) is 20.4 Å². The van der Waals surface area contributed by atoms with Gasteiger partial charge in [-0.2, -0.15) is 0 Å². The lowest BCUT2D eigenvalue weighted by Crippen LogP contribution is -2.44. The smallest absolute Gasteiger partial charge is 0.269 e. The Morgan fingerprint density at radius 1 is 0.704 bits per heavy atom. The van der Waals surface area contributed by atoms with E-state index in [1.165, 1.54) is 0 Å². The van der Waals surface area contributed by atoms with Crippen molar-refractivity contribution in [1.29, 1.82) is 0 Å². The Balaban J connectivity index is 1.75. The molecule has 5 heteroatoms. The molecule has 0 unspecified atom stereocenters. The summed E-state index contributed by atoms with van der Waals surface area (Å²) in [6.45, 7) is 0. The van der Waals surface area contributed by atoms with Crippen molar-refractivity contribution in [3.05, 3.63) is 108 Å². The van der Waals surface area contributed by atoms with Crippen LogP contribution in [0.3, 0.4) is 0 Å². The molecule has 27 heavy (non-hydrogen) atoms. The summed E-state index contributed by atoms with van der Waals surface area (Å²) in [5, 5.41) is 11.3. The standard InChI is InChI=1S/C22H20N2O3/c25-20(23-24-21(26)17-10-4-1-5-11-17)16-22(27,18-12-6-2-7-13-18)19-14-8-3-9-15-19/h1-15,27H,16H2,(H,23,25)(H,24,26). The second kappa shape index (κ2) is 8.29. The lowest BCUT2D eigenvalue weighted by atomic mass is 9.83. The van der Waals surface area contributed by atoms with Gasteiger partial charge in [-0.1, -0.05) is 78.9 Å². The van der Waals surface area contributed by atoms with Gasteiger partial charge in [-0.05, 0) is 23.3 Å². The maximum absolute atomic E-state index is 12.5. The minimum absolute atomic E-state index is 0.240. The van der Waals surface area contributed by atoms with Gasteiger partial charge < -0.3 is 5.11 Å². The Hall–Kier alpha value is -3.44. The Bertz CT molecular complexity index is 857.